The molecule has 0 radical (unpaired) electrons. The molecule has 1 unspecified atom stereocenters. The summed E-state index contributed by atoms with van der Waals surface area (Å²) in [6, 6.07) is 16.0. The van der Waals surface area contributed by atoms with E-state index in [1.165, 1.54) is 23.5 Å². The second kappa shape index (κ2) is 8.81. The van der Waals surface area contributed by atoms with Gasteiger partial charge in [0.1, 0.15) is 6.04 Å². The molecule has 160 valence electrons. The summed E-state index contributed by atoms with van der Waals surface area (Å²) in [7, 11) is -4.01. The van der Waals surface area contributed by atoms with Crippen molar-refractivity contribution in [3.8, 4) is 0 Å². The third kappa shape index (κ3) is 4.45. The largest absolute Gasteiger partial charge is 0.274 e. The van der Waals surface area contributed by atoms with E-state index in [9.17, 15) is 18.0 Å². The van der Waals surface area contributed by atoms with Crippen LogP contribution in [0.2, 0.25) is 0 Å². The molecule has 0 saturated carbocycles. The number of hydrogen-bond acceptors (Lipinski definition) is 5. The fourth-order valence-electron chi connectivity index (χ4n) is 3.47. The van der Waals surface area contributed by atoms with Crippen LogP contribution in [0.5, 0.6) is 0 Å². The van der Waals surface area contributed by atoms with Crippen LogP contribution in [0.15, 0.2) is 70.9 Å². The summed E-state index contributed by atoms with van der Waals surface area (Å²) < 4.78 is 29.2. The summed E-state index contributed by atoms with van der Waals surface area (Å²) in [4.78, 5) is 28.1. The second-order valence-corrected chi connectivity index (χ2v) is 11.4. The zero-order valence-corrected chi connectivity index (χ0v) is 20.4. The molecule has 2 amide bonds. The van der Waals surface area contributed by atoms with Crippen LogP contribution in [0.4, 0.5) is 5.69 Å². The first-order chi connectivity index (χ1) is 14.8. The number of anilines is 1. The topological polar surface area (TPSA) is 74.8 Å². The predicted octanol–water partition coefficient (Wildman–Crippen LogP) is 4.18. The van der Waals surface area contributed by atoms with Crippen molar-refractivity contribution in [1.82, 2.24) is 4.31 Å². The summed E-state index contributed by atoms with van der Waals surface area (Å²) in [5.41, 5.74) is 1.38. The van der Waals surface area contributed by atoms with Crippen molar-refractivity contribution in [2.45, 2.75) is 30.8 Å². The number of thiophene rings is 1. The molecule has 6 nitrogen and oxygen atoms in total. The van der Waals surface area contributed by atoms with Gasteiger partial charge in [0, 0.05) is 15.0 Å². The average molecular weight is 566 g/mol. The van der Waals surface area contributed by atoms with E-state index in [-0.39, 0.29) is 17.9 Å². The molecule has 1 aliphatic rings. The van der Waals surface area contributed by atoms with E-state index in [1.54, 1.807) is 36.4 Å². The van der Waals surface area contributed by atoms with Crippen molar-refractivity contribution in [2.24, 2.45) is 0 Å². The number of aryl methyl sites for hydroxylation is 1. The minimum Gasteiger partial charge on any atom is -0.274 e. The van der Waals surface area contributed by atoms with Crippen LogP contribution >= 0.6 is 33.9 Å². The van der Waals surface area contributed by atoms with E-state index >= 15 is 0 Å². The quantitative estimate of drug-likeness (QED) is 0.332. The average Bonchev–Trinajstić information content (AvgIpc) is 3.35. The number of carbonyl (C=O) groups is 2. The molecule has 1 aliphatic heterocycles. The number of sulfonamides is 1. The summed E-state index contributed by atoms with van der Waals surface area (Å²) >= 11 is 3.55. The molecule has 1 saturated heterocycles. The molecule has 2 heterocycles. The van der Waals surface area contributed by atoms with Crippen LogP contribution in [0.25, 0.3) is 0 Å². The lowest BCUT2D eigenvalue weighted by atomic mass is 10.2. The number of halogens is 1. The standard InChI is InChI=1S/C22H19IN2O4S2/c1-15-4-10-19(11-5-15)31(28,29)24(14-18-3-2-12-30-18)20-13-21(26)25(22(20)27)17-8-6-16(23)7-9-17/h2-12,20H,13-14H2,1H3. The molecular weight excluding hydrogens is 547 g/mol. The van der Waals surface area contributed by atoms with Crippen molar-refractivity contribution in [2.75, 3.05) is 4.90 Å². The molecule has 1 fully saturated rings. The van der Waals surface area contributed by atoms with Crippen molar-refractivity contribution in [3.63, 3.8) is 0 Å². The Morgan fingerprint density at radius 1 is 1.06 bits per heavy atom. The molecule has 4 rings (SSSR count). The van der Waals surface area contributed by atoms with E-state index in [4.69, 9.17) is 0 Å². The lowest BCUT2D eigenvalue weighted by Crippen LogP contribution is -2.44. The monoisotopic (exact) mass is 566 g/mol. The molecule has 0 N–H and O–H groups in total. The summed E-state index contributed by atoms with van der Waals surface area (Å²) in [5.74, 6) is -0.940. The van der Waals surface area contributed by atoms with Crippen LogP contribution < -0.4 is 4.90 Å². The SMILES string of the molecule is Cc1ccc(S(=O)(=O)N(Cc2cccs2)C2CC(=O)N(c3ccc(I)cc3)C2=O)cc1. The highest BCUT2D eigenvalue weighted by atomic mass is 127. The first-order valence-corrected chi connectivity index (χ1v) is 12.9. The van der Waals surface area contributed by atoms with Gasteiger partial charge in [0.15, 0.2) is 0 Å². The minimum absolute atomic E-state index is 0.0259. The normalized spacial score (nSPS) is 17.0. The Kier molecular flexibility index (Phi) is 6.29. The van der Waals surface area contributed by atoms with Gasteiger partial charge in [0.25, 0.3) is 5.91 Å². The number of hydrogen-bond donors (Lipinski definition) is 0. The first-order valence-electron chi connectivity index (χ1n) is 9.50. The minimum atomic E-state index is -4.01. The molecule has 9 heteroatoms. The molecule has 2 aromatic carbocycles. The van der Waals surface area contributed by atoms with Gasteiger partial charge in [-0.25, -0.2) is 13.3 Å². The highest BCUT2D eigenvalue weighted by Gasteiger charge is 2.47. The molecule has 0 bridgehead atoms. The number of benzene rings is 2. The van der Waals surface area contributed by atoms with Crippen LogP contribution in [-0.2, 0) is 26.2 Å². The Labute approximate surface area is 198 Å². The van der Waals surface area contributed by atoms with Crippen molar-refractivity contribution >= 4 is 61.5 Å². The Hall–Kier alpha value is -2.08. The van der Waals surface area contributed by atoms with Crippen LogP contribution in [0.1, 0.15) is 16.9 Å². The van der Waals surface area contributed by atoms with Gasteiger partial charge >= 0.3 is 0 Å². The van der Waals surface area contributed by atoms with E-state index in [2.05, 4.69) is 22.6 Å². The van der Waals surface area contributed by atoms with Gasteiger partial charge in [-0.15, -0.1) is 11.3 Å². The summed E-state index contributed by atoms with van der Waals surface area (Å²) in [6.45, 7) is 1.90. The number of imide groups is 1. The number of carbonyl (C=O) groups excluding carboxylic acids is 2. The van der Waals surface area contributed by atoms with E-state index < -0.39 is 27.9 Å². The molecule has 31 heavy (non-hydrogen) atoms. The van der Waals surface area contributed by atoms with Crippen molar-refractivity contribution in [3.05, 3.63) is 80.1 Å². The van der Waals surface area contributed by atoms with Crippen molar-refractivity contribution in [1.29, 1.82) is 0 Å². The Morgan fingerprint density at radius 3 is 2.35 bits per heavy atom. The molecular formula is C22H19IN2O4S2. The zero-order valence-electron chi connectivity index (χ0n) is 16.6. The van der Waals surface area contributed by atoms with Crippen LogP contribution in [0, 0.1) is 10.5 Å². The van der Waals surface area contributed by atoms with Gasteiger partial charge in [-0.1, -0.05) is 23.8 Å². The third-order valence-electron chi connectivity index (χ3n) is 5.07. The van der Waals surface area contributed by atoms with Crippen molar-refractivity contribution < 1.29 is 18.0 Å². The van der Waals surface area contributed by atoms with Gasteiger partial charge in [-0.05, 0) is 77.4 Å². The molecule has 0 spiro atoms. The number of rotatable bonds is 6. The maximum absolute atomic E-state index is 13.5. The molecule has 1 aromatic heterocycles. The summed E-state index contributed by atoms with van der Waals surface area (Å²) in [5, 5.41) is 1.85. The Balaban J connectivity index is 1.73. The number of nitrogens with zero attached hydrogens (tertiary/aromatic N) is 2. The van der Waals surface area contributed by atoms with Gasteiger partial charge in [-0.2, -0.15) is 4.31 Å². The molecule has 1 atom stereocenters. The lowest BCUT2D eigenvalue weighted by Gasteiger charge is -2.26. The highest BCUT2D eigenvalue weighted by molar-refractivity contribution is 14.1. The predicted molar refractivity (Wildman–Crippen MR) is 128 cm³/mol. The maximum Gasteiger partial charge on any atom is 0.252 e. The first kappa shape index (κ1) is 22.1. The van der Waals surface area contributed by atoms with Crippen LogP contribution in [0.3, 0.4) is 0 Å². The Morgan fingerprint density at radius 2 is 1.74 bits per heavy atom. The maximum atomic E-state index is 13.5. The second-order valence-electron chi connectivity index (χ2n) is 7.21. The van der Waals surface area contributed by atoms with Gasteiger partial charge < -0.3 is 0 Å². The fraction of sp³-hybridized carbons (Fsp3) is 0.182. The highest BCUT2D eigenvalue weighted by Crippen LogP contribution is 2.31. The van der Waals surface area contributed by atoms with Gasteiger partial charge in [0.2, 0.25) is 15.9 Å². The van der Waals surface area contributed by atoms with Crippen LogP contribution in [-0.4, -0.2) is 30.6 Å². The lowest BCUT2D eigenvalue weighted by molar-refractivity contribution is -0.122. The van der Waals surface area contributed by atoms with E-state index in [0.717, 1.165) is 23.2 Å². The third-order valence-corrected chi connectivity index (χ3v) is 8.52. The zero-order chi connectivity index (χ0) is 22.2. The molecule has 0 aliphatic carbocycles. The molecule has 3 aromatic rings. The Bertz CT molecular complexity index is 1210. The van der Waals surface area contributed by atoms with E-state index in [1.807, 2.05) is 24.4 Å². The van der Waals surface area contributed by atoms with Gasteiger partial charge in [0.05, 0.1) is 17.0 Å². The number of amides is 2. The fourth-order valence-corrected chi connectivity index (χ4v) is 6.17. The summed E-state index contributed by atoms with van der Waals surface area (Å²) in [6.07, 6.45) is -0.193. The smallest absolute Gasteiger partial charge is 0.252 e. The van der Waals surface area contributed by atoms with Gasteiger partial charge in [-0.3, -0.25) is 9.59 Å². The van der Waals surface area contributed by atoms with E-state index in [0.29, 0.717) is 5.69 Å².